The van der Waals surface area contributed by atoms with Crippen molar-refractivity contribution in [2.24, 2.45) is 5.92 Å². The van der Waals surface area contributed by atoms with Crippen LogP contribution in [0, 0.1) is 5.92 Å². The first kappa shape index (κ1) is 11.3. The Balaban J connectivity index is 2.64. The van der Waals surface area contributed by atoms with Crippen molar-refractivity contribution in [3.8, 4) is 0 Å². The fourth-order valence-corrected chi connectivity index (χ4v) is 4.84. The highest BCUT2D eigenvalue weighted by atomic mass is 35.7. The molecule has 78 valence electrons. The zero-order valence-electron chi connectivity index (χ0n) is 6.94. The summed E-state index contributed by atoms with van der Waals surface area (Å²) in [4.78, 5) is 0. The molecule has 0 radical (unpaired) electrons. The van der Waals surface area contributed by atoms with Gasteiger partial charge in [0.2, 0.25) is 9.05 Å². The van der Waals surface area contributed by atoms with Crippen molar-refractivity contribution < 1.29 is 16.8 Å². The second-order valence-electron chi connectivity index (χ2n) is 3.33. The molecule has 4 nitrogen and oxygen atoms in total. The molecule has 0 aromatic heterocycles. The highest BCUT2D eigenvalue weighted by molar-refractivity contribution is 8.13. The largest absolute Gasteiger partial charge is 0.232 e. The van der Waals surface area contributed by atoms with Crippen molar-refractivity contribution in [3.05, 3.63) is 0 Å². The van der Waals surface area contributed by atoms with Gasteiger partial charge in [0.05, 0.1) is 17.3 Å². The second kappa shape index (κ2) is 3.74. The van der Waals surface area contributed by atoms with E-state index in [0.29, 0.717) is 12.8 Å². The lowest BCUT2D eigenvalue weighted by Crippen LogP contribution is -2.28. The van der Waals surface area contributed by atoms with Crippen molar-refractivity contribution in [2.75, 3.05) is 17.3 Å². The highest BCUT2D eigenvalue weighted by Gasteiger charge is 2.27. The molecular weight excluding hydrogens is 236 g/mol. The summed E-state index contributed by atoms with van der Waals surface area (Å²) in [5, 5.41) is 0. The van der Waals surface area contributed by atoms with Crippen LogP contribution in [-0.4, -0.2) is 34.1 Å². The van der Waals surface area contributed by atoms with Gasteiger partial charge in [-0.25, -0.2) is 16.8 Å². The molecule has 1 aliphatic rings. The zero-order valence-corrected chi connectivity index (χ0v) is 9.33. The molecule has 1 saturated heterocycles. The van der Waals surface area contributed by atoms with Gasteiger partial charge in [0.15, 0.2) is 9.84 Å². The summed E-state index contributed by atoms with van der Waals surface area (Å²) in [7, 11) is -1.56. The summed E-state index contributed by atoms with van der Waals surface area (Å²) in [6.45, 7) is 0. The molecule has 0 aromatic carbocycles. The van der Waals surface area contributed by atoms with E-state index in [4.69, 9.17) is 10.7 Å². The average Bonchev–Trinajstić information content (AvgIpc) is 1.79. The number of rotatable bonds is 2. The Morgan fingerprint density at radius 1 is 1.38 bits per heavy atom. The van der Waals surface area contributed by atoms with Gasteiger partial charge in [-0.1, -0.05) is 0 Å². The van der Waals surface area contributed by atoms with E-state index in [-0.39, 0.29) is 23.2 Å². The SMILES string of the molecule is O=S(=O)(Cl)C[C@@H]1CCCS(=O)(=O)C1. The number of hydrogen-bond acceptors (Lipinski definition) is 4. The smallest absolute Gasteiger partial charge is 0.229 e. The Labute approximate surface area is 82.6 Å². The van der Waals surface area contributed by atoms with E-state index in [1.54, 1.807) is 0 Å². The van der Waals surface area contributed by atoms with Gasteiger partial charge in [0, 0.05) is 10.7 Å². The van der Waals surface area contributed by atoms with Gasteiger partial charge < -0.3 is 0 Å². The highest BCUT2D eigenvalue weighted by Crippen LogP contribution is 2.20. The Kier molecular flexibility index (Phi) is 3.24. The summed E-state index contributed by atoms with van der Waals surface area (Å²) < 4.78 is 43.6. The lowest BCUT2D eigenvalue weighted by molar-refractivity contribution is 0.511. The third-order valence-electron chi connectivity index (χ3n) is 1.99. The third kappa shape index (κ3) is 4.28. The molecule has 0 aliphatic carbocycles. The Hall–Kier alpha value is 0.190. The third-order valence-corrected chi connectivity index (χ3v) is 5.13. The lowest BCUT2D eigenvalue weighted by atomic mass is 10.1. The van der Waals surface area contributed by atoms with Crippen molar-refractivity contribution in [2.45, 2.75) is 12.8 Å². The minimum Gasteiger partial charge on any atom is -0.229 e. The van der Waals surface area contributed by atoms with Gasteiger partial charge in [-0.05, 0) is 18.8 Å². The molecule has 0 amide bonds. The molecule has 0 spiro atoms. The van der Waals surface area contributed by atoms with Crippen LogP contribution in [0.1, 0.15) is 12.8 Å². The monoisotopic (exact) mass is 246 g/mol. The fourth-order valence-electron chi connectivity index (χ4n) is 1.53. The fraction of sp³-hybridized carbons (Fsp3) is 1.00. The number of halogens is 1. The van der Waals surface area contributed by atoms with Gasteiger partial charge in [-0.2, -0.15) is 0 Å². The van der Waals surface area contributed by atoms with Crippen LogP contribution < -0.4 is 0 Å². The first-order chi connectivity index (χ1) is 5.79. The summed E-state index contributed by atoms with van der Waals surface area (Å²) in [5.41, 5.74) is 0. The van der Waals surface area contributed by atoms with Crippen LogP contribution in [0.2, 0.25) is 0 Å². The molecule has 1 aliphatic heterocycles. The van der Waals surface area contributed by atoms with Gasteiger partial charge in [0.1, 0.15) is 0 Å². The van der Waals surface area contributed by atoms with Crippen molar-refractivity contribution in [3.63, 3.8) is 0 Å². The second-order valence-corrected chi connectivity index (χ2v) is 8.38. The predicted octanol–water partition coefficient (Wildman–Crippen LogP) is 0.380. The van der Waals surface area contributed by atoms with Crippen LogP contribution in [0.3, 0.4) is 0 Å². The van der Waals surface area contributed by atoms with Crippen molar-refractivity contribution >= 4 is 29.6 Å². The molecule has 0 unspecified atom stereocenters. The lowest BCUT2D eigenvalue weighted by Gasteiger charge is -2.20. The van der Waals surface area contributed by atoms with Crippen LogP contribution in [0.25, 0.3) is 0 Å². The van der Waals surface area contributed by atoms with E-state index < -0.39 is 18.9 Å². The van der Waals surface area contributed by atoms with E-state index in [1.807, 2.05) is 0 Å². The van der Waals surface area contributed by atoms with Crippen LogP contribution in [0.15, 0.2) is 0 Å². The number of sulfone groups is 1. The van der Waals surface area contributed by atoms with E-state index in [0.717, 1.165) is 0 Å². The average molecular weight is 247 g/mol. The normalized spacial score (nSPS) is 28.5. The molecule has 1 fully saturated rings. The molecule has 0 N–H and O–H groups in total. The summed E-state index contributed by atoms with van der Waals surface area (Å²) in [6, 6.07) is 0. The Bertz CT molecular complexity index is 367. The molecular formula is C6H11ClO4S2. The standard InChI is InChI=1S/C6H11ClO4S2/c7-13(10,11)5-6-2-1-3-12(8,9)4-6/h6H,1-5H2/t6-/m1/s1. The van der Waals surface area contributed by atoms with E-state index in [2.05, 4.69) is 0 Å². The molecule has 7 heteroatoms. The maximum atomic E-state index is 11.1. The molecule has 1 rings (SSSR count). The van der Waals surface area contributed by atoms with Crippen LogP contribution in [0.4, 0.5) is 0 Å². The van der Waals surface area contributed by atoms with E-state index in [9.17, 15) is 16.8 Å². The first-order valence-corrected chi connectivity index (χ1v) is 8.21. The van der Waals surface area contributed by atoms with Crippen LogP contribution >= 0.6 is 10.7 Å². The molecule has 1 atom stereocenters. The quantitative estimate of drug-likeness (QED) is 0.661. The molecule has 0 saturated carbocycles. The summed E-state index contributed by atoms with van der Waals surface area (Å²) >= 11 is 0. The van der Waals surface area contributed by atoms with Crippen molar-refractivity contribution in [1.82, 2.24) is 0 Å². The van der Waals surface area contributed by atoms with Crippen LogP contribution in [0.5, 0.6) is 0 Å². The van der Waals surface area contributed by atoms with Crippen LogP contribution in [-0.2, 0) is 18.9 Å². The zero-order chi connectivity index (χ0) is 10.1. The maximum absolute atomic E-state index is 11.1. The molecule has 0 bridgehead atoms. The Morgan fingerprint density at radius 2 is 2.00 bits per heavy atom. The summed E-state index contributed by atoms with van der Waals surface area (Å²) in [6.07, 6.45) is 1.17. The number of hydrogen-bond donors (Lipinski definition) is 0. The Morgan fingerprint density at radius 3 is 2.46 bits per heavy atom. The van der Waals surface area contributed by atoms with Gasteiger partial charge in [-0.3, -0.25) is 0 Å². The first-order valence-electron chi connectivity index (χ1n) is 3.91. The van der Waals surface area contributed by atoms with Gasteiger partial charge in [0.25, 0.3) is 0 Å². The van der Waals surface area contributed by atoms with E-state index >= 15 is 0 Å². The minimum atomic E-state index is -3.57. The topological polar surface area (TPSA) is 68.3 Å². The summed E-state index contributed by atoms with van der Waals surface area (Å²) in [5.74, 6) is -0.417. The molecule has 0 aromatic rings. The maximum Gasteiger partial charge on any atom is 0.232 e. The molecule has 13 heavy (non-hydrogen) atoms. The predicted molar refractivity (Wildman–Crippen MR) is 51.0 cm³/mol. The van der Waals surface area contributed by atoms with Crippen molar-refractivity contribution in [1.29, 1.82) is 0 Å². The van der Waals surface area contributed by atoms with Gasteiger partial charge >= 0.3 is 0 Å². The van der Waals surface area contributed by atoms with Gasteiger partial charge in [-0.15, -0.1) is 0 Å². The van der Waals surface area contributed by atoms with E-state index in [1.165, 1.54) is 0 Å². The minimum absolute atomic E-state index is 0.0427. The molecule has 1 heterocycles.